The Kier molecular flexibility index (Phi) is 54.0. The Labute approximate surface area is 436 Å². The summed E-state index contributed by atoms with van der Waals surface area (Å²) in [6, 6.07) is 0. The van der Waals surface area contributed by atoms with Crippen LogP contribution in [0.2, 0.25) is 0 Å². The van der Waals surface area contributed by atoms with Gasteiger partial charge in [0, 0.05) is 19.3 Å². The molecule has 0 saturated heterocycles. The van der Waals surface area contributed by atoms with Crippen LogP contribution >= 0.6 is 0 Å². The molecule has 0 bridgehead atoms. The van der Waals surface area contributed by atoms with E-state index in [0.717, 1.165) is 135 Å². The van der Waals surface area contributed by atoms with E-state index in [1.54, 1.807) is 0 Å². The summed E-state index contributed by atoms with van der Waals surface area (Å²) in [4.78, 5) is 38.1. The van der Waals surface area contributed by atoms with E-state index in [-0.39, 0.29) is 44.0 Å². The number of esters is 3. The Bertz CT molecular complexity index is 1590. The zero-order valence-corrected chi connectivity index (χ0v) is 45.4. The topological polar surface area (TPSA) is 78.9 Å². The second-order valence-electron chi connectivity index (χ2n) is 18.1. The lowest BCUT2D eigenvalue weighted by Crippen LogP contribution is -2.30. The second kappa shape index (κ2) is 57.9. The van der Waals surface area contributed by atoms with Crippen molar-refractivity contribution in [3.05, 3.63) is 146 Å². The lowest BCUT2D eigenvalue weighted by molar-refractivity contribution is -0.166. The van der Waals surface area contributed by atoms with Gasteiger partial charge in [-0.05, 0) is 116 Å². The highest BCUT2D eigenvalue weighted by molar-refractivity contribution is 5.71. The van der Waals surface area contributed by atoms with E-state index in [9.17, 15) is 14.4 Å². The van der Waals surface area contributed by atoms with Crippen LogP contribution in [-0.4, -0.2) is 37.2 Å². The molecule has 0 radical (unpaired) electrons. The molecule has 0 fully saturated rings. The van der Waals surface area contributed by atoms with E-state index in [0.29, 0.717) is 12.8 Å². The Hall–Kier alpha value is -4.71. The minimum Gasteiger partial charge on any atom is -0.462 e. The molecular formula is C65H102O6. The normalized spacial score (nSPS) is 13.2. The summed E-state index contributed by atoms with van der Waals surface area (Å²) in [5.41, 5.74) is 0. The van der Waals surface area contributed by atoms with Gasteiger partial charge in [0.2, 0.25) is 0 Å². The molecule has 0 N–H and O–H groups in total. The number of carbonyl (C=O) groups excluding carboxylic acids is 3. The van der Waals surface area contributed by atoms with Gasteiger partial charge >= 0.3 is 17.9 Å². The molecule has 0 amide bonds. The van der Waals surface area contributed by atoms with E-state index in [1.807, 2.05) is 12.2 Å². The zero-order valence-electron chi connectivity index (χ0n) is 45.4. The monoisotopic (exact) mass is 979 g/mol. The van der Waals surface area contributed by atoms with Crippen LogP contribution in [0.15, 0.2) is 146 Å². The number of carbonyl (C=O) groups is 3. The van der Waals surface area contributed by atoms with E-state index >= 15 is 0 Å². The summed E-state index contributed by atoms with van der Waals surface area (Å²) in [6.07, 6.45) is 82.7. The lowest BCUT2D eigenvalue weighted by atomic mass is 10.1. The van der Waals surface area contributed by atoms with Crippen molar-refractivity contribution in [2.45, 2.75) is 232 Å². The zero-order chi connectivity index (χ0) is 51.4. The average Bonchev–Trinajstić information content (AvgIpc) is 3.37. The predicted octanol–water partition coefficient (Wildman–Crippen LogP) is 19.2. The fraction of sp³-hybridized carbons (Fsp3) is 0.585. The molecule has 0 aromatic carbocycles. The van der Waals surface area contributed by atoms with Gasteiger partial charge in [-0.2, -0.15) is 0 Å². The second-order valence-corrected chi connectivity index (χ2v) is 18.1. The van der Waals surface area contributed by atoms with Crippen molar-refractivity contribution >= 4 is 17.9 Å². The number of hydrogen-bond acceptors (Lipinski definition) is 6. The van der Waals surface area contributed by atoms with Crippen molar-refractivity contribution in [3.8, 4) is 0 Å². The fourth-order valence-corrected chi connectivity index (χ4v) is 7.19. The molecule has 6 nitrogen and oxygen atoms in total. The number of ether oxygens (including phenoxy) is 3. The third-order valence-corrected chi connectivity index (χ3v) is 11.4. The summed E-state index contributed by atoms with van der Waals surface area (Å²) >= 11 is 0. The number of unbranched alkanes of at least 4 members (excludes halogenated alkanes) is 16. The molecule has 0 aromatic rings. The highest BCUT2D eigenvalue weighted by Gasteiger charge is 2.19. The quantitative estimate of drug-likeness (QED) is 0.0199. The van der Waals surface area contributed by atoms with Crippen molar-refractivity contribution < 1.29 is 28.6 Å². The molecule has 1 unspecified atom stereocenters. The molecule has 0 aliphatic carbocycles. The van der Waals surface area contributed by atoms with Gasteiger partial charge in [-0.15, -0.1) is 0 Å². The van der Waals surface area contributed by atoms with Crippen molar-refractivity contribution in [1.82, 2.24) is 0 Å². The maximum Gasteiger partial charge on any atom is 0.306 e. The number of allylic oxidation sites excluding steroid dienone is 24. The van der Waals surface area contributed by atoms with E-state index in [4.69, 9.17) is 14.2 Å². The fourth-order valence-electron chi connectivity index (χ4n) is 7.19. The van der Waals surface area contributed by atoms with Gasteiger partial charge in [-0.1, -0.05) is 237 Å². The van der Waals surface area contributed by atoms with Gasteiger partial charge in [-0.3, -0.25) is 14.4 Å². The first-order valence-corrected chi connectivity index (χ1v) is 28.4. The maximum absolute atomic E-state index is 12.9. The van der Waals surface area contributed by atoms with Gasteiger partial charge in [-0.25, -0.2) is 0 Å². The Balaban J connectivity index is 4.58. The van der Waals surface area contributed by atoms with Crippen LogP contribution < -0.4 is 0 Å². The van der Waals surface area contributed by atoms with Crippen LogP contribution in [0.4, 0.5) is 0 Å². The highest BCUT2D eigenvalue weighted by Crippen LogP contribution is 2.13. The molecule has 71 heavy (non-hydrogen) atoms. The number of hydrogen-bond donors (Lipinski definition) is 0. The highest BCUT2D eigenvalue weighted by atomic mass is 16.6. The first kappa shape index (κ1) is 66.3. The summed E-state index contributed by atoms with van der Waals surface area (Å²) < 4.78 is 16.8. The first-order chi connectivity index (χ1) is 35.0. The number of rotatable bonds is 49. The van der Waals surface area contributed by atoms with Crippen molar-refractivity contribution in [1.29, 1.82) is 0 Å². The largest absolute Gasteiger partial charge is 0.462 e. The molecule has 6 heteroatoms. The smallest absolute Gasteiger partial charge is 0.306 e. The predicted molar refractivity (Wildman–Crippen MR) is 306 cm³/mol. The van der Waals surface area contributed by atoms with Crippen LogP contribution in [0, 0.1) is 0 Å². The van der Waals surface area contributed by atoms with E-state index in [1.165, 1.54) is 44.9 Å². The summed E-state index contributed by atoms with van der Waals surface area (Å²) in [5.74, 6) is -1.05. The molecular weight excluding hydrogens is 877 g/mol. The molecule has 0 rings (SSSR count). The van der Waals surface area contributed by atoms with Crippen LogP contribution in [0.25, 0.3) is 0 Å². The van der Waals surface area contributed by atoms with Gasteiger partial charge in [0.05, 0.1) is 0 Å². The van der Waals surface area contributed by atoms with E-state index < -0.39 is 6.10 Å². The molecule has 0 aromatic heterocycles. The Morgan fingerprint density at radius 3 is 1.06 bits per heavy atom. The molecule has 0 spiro atoms. The van der Waals surface area contributed by atoms with Crippen molar-refractivity contribution in [3.63, 3.8) is 0 Å². The molecule has 398 valence electrons. The van der Waals surface area contributed by atoms with Crippen LogP contribution in [0.3, 0.4) is 0 Å². The third kappa shape index (κ3) is 56.1. The molecule has 0 aliphatic heterocycles. The SMILES string of the molecule is CC/C=C\C/C=C\C/C=C\C/C=C\C/C=C\CCC(=O)OCC(COC(=O)CCCCCCCC/C=C\C/C=C\C/C=C\C/C=C\CC)OC(=O)CCCCCCC\C=C/C=C\C=C/CCCCCCC. The van der Waals surface area contributed by atoms with Crippen LogP contribution in [0.1, 0.15) is 226 Å². The molecule has 0 saturated carbocycles. The minimum atomic E-state index is -0.832. The Morgan fingerprint density at radius 1 is 0.310 bits per heavy atom. The Morgan fingerprint density at radius 2 is 0.634 bits per heavy atom. The minimum absolute atomic E-state index is 0.123. The van der Waals surface area contributed by atoms with Crippen LogP contribution in [0.5, 0.6) is 0 Å². The van der Waals surface area contributed by atoms with Crippen molar-refractivity contribution in [2.75, 3.05) is 13.2 Å². The summed E-state index contributed by atoms with van der Waals surface area (Å²) in [7, 11) is 0. The molecule has 1 atom stereocenters. The summed E-state index contributed by atoms with van der Waals surface area (Å²) in [5, 5.41) is 0. The standard InChI is InChI=1S/C65H102O6/c1-4-7-10-13-16-19-22-25-28-31-33-35-37-40-43-46-49-52-55-58-64(67)70-61-62(60-69-63(66)57-54-51-48-45-42-39-36-30-27-24-21-18-15-12-9-6-3)71-65(68)59-56-53-50-47-44-41-38-34-32-29-26-23-20-17-14-11-8-5-2/h7,9-10,12,16,18-19,21,23,25-30,32-35,38-39,42,48,51,62H,4-6,8,11,13-15,17,20,22,24,31,36-37,40-41,43-47,49-50,52-61H2,1-3H3/b10-7-,12-9-,19-16-,21-18-,26-23-,28-25-,30-27-,32-29-,35-33-,38-34-,42-39-,51-48-. The third-order valence-electron chi connectivity index (χ3n) is 11.4. The molecule has 0 heterocycles. The summed E-state index contributed by atoms with van der Waals surface area (Å²) in [6.45, 7) is 6.29. The maximum atomic E-state index is 12.9. The molecule has 0 aliphatic rings. The lowest BCUT2D eigenvalue weighted by Gasteiger charge is -2.18. The average molecular weight is 980 g/mol. The van der Waals surface area contributed by atoms with Crippen molar-refractivity contribution in [2.24, 2.45) is 0 Å². The van der Waals surface area contributed by atoms with Gasteiger partial charge in [0.25, 0.3) is 0 Å². The van der Waals surface area contributed by atoms with Gasteiger partial charge in [0.15, 0.2) is 6.10 Å². The van der Waals surface area contributed by atoms with Gasteiger partial charge in [0.1, 0.15) is 13.2 Å². The van der Waals surface area contributed by atoms with Gasteiger partial charge < -0.3 is 14.2 Å². The van der Waals surface area contributed by atoms with Crippen LogP contribution in [-0.2, 0) is 28.6 Å². The van der Waals surface area contributed by atoms with E-state index in [2.05, 4.69) is 154 Å². The first-order valence-electron chi connectivity index (χ1n) is 28.4.